The lowest BCUT2D eigenvalue weighted by Crippen LogP contribution is -2.59. The zero-order valence-corrected chi connectivity index (χ0v) is 21.4. The highest BCUT2D eigenvalue weighted by Gasteiger charge is 2.39. The first kappa shape index (κ1) is 24.7. The molecule has 3 saturated heterocycles. The van der Waals surface area contributed by atoms with E-state index < -0.39 is 0 Å². The Kier molecular flexibility index (Phi) is 9.87. The van der Waals surface area contributed by atoms with E-state index in [0.717, 1.165) is 51.6 Å². The van der Waals surface area contributed by atoms with Crippen LogP contribution in [0.1, 0.15) is 44.1 Å². The predicted octanol–water partition coefficient (Wildman–Crippen LogP) is 3.08. The van der Waals surface area contributed by atoms with Gasteiger partial charge in [0.15, 0.2) is 5.96 Å². The molecule has 6 nitrogen and oxygen atoms in total. The molecule has 1 atom stereocenters. The number of nitrogens with one attached hydrogen (secondary N) is 2. The lowest BCUT2D eigenvalue weighted by molar-refractivity contribution is -0.0164. The second kappa shape index (κ2) is 12.4. The van der Waals surface area contributed by atoms with Crippen LogP contribution in [0.4, 0.5) is 0 Å². The van der Waals surface area contributed by atoms with E-state index in [1.165, 1.54) is 50.9 Å². The monoisotopic (exact) mass is 541 g/mol. The number of piperidine rings is 1. The first-order valence-corrected chi connectivity index (χ1v) is 11.8. The molecule has 3 aliphatic heterocycles. The van der Waals surface area contributed by atoms with Gasteiger partial charge >= 0.3 is 0 Å². The fraction of sp³-hybridized carbons (Fsp3) is 0.708. The van der Waals surface area contributed by atoms with Crippen LogP contribution < -0.4 is 10.6 Å². The SMILES string of the molecule is CN=C(NCC1(N2CCCC2)CCOCC1)NC1CCCN(Cc2ccccc2)C1.I. The van der Waals surface area contributed by atoms with Gasteiger partial charge in [-0.05, 0) is 63.7 Å². The lowest BCUT2D eigenvalue weighted by Gasteiger charge is -2.45. The van der Waals surface area contributed by atoms with E-state index in [4.69, 9.17) is 4.74 Å². The molecular formula is C24H40IN5O. The Morgan fingerprint density at radius 2 is 1.84 bits per heavy atom. The van der Waals surface area contributed by atoms with E-state index in [2.05, 4.69) is 55.8 Å². The van der Waals surface area contributed by atoms with Crippen molar-refractivity contribution in [2.24, 2.45) is 4.99 Å². The maximum absolute atomic E-state index is 5.69. The summed E-state index contributed by atoms with van der Waals surface area (Å²) in [5.41, 5.74) is 1.62. The molecule has 0 bridgehead atoms. The molecule has 1 aromatic carbocycles. The number of halogens is 1. The summed E-state index contributed by atoms with van der Waals surface area (Å²) < 4.78 is 5.69. The van der Waals surface area contributed by atoms with E-state index in [-0.39, 0.29) is 29.5 Å². The number of nitrogens with zero attached hydrogens (tertiary/aromatic N) is 3. The first-order chi connectivity index (χ1) is 14.8. The fourth-order valence-electron chi connectivity index (χ4n) is 5.34. The minimum Gasteiger partial charge on any atom is -0.381 e. The Balaban J connectivity index is 0.00000272. The Morgan fingerprint density at radius 3 is 2.55 bits per heavy atom. The normalized spacial score (nSPS) is 25.1. The van der Waals surface area contributed by atoms with Crippen LogP contribution in [0.15, 0.2) is 35.3 Å². The third-order valence-corrected chi connectivity index (χ3v) is 7.10. The summed E-state index contributed by atoms with van der Waals surface area (Å²) in [6.45, 7) is 8.44. The number of likely N-dealkylation sites (tertiary alicyclic amines) is 2. The van der Waals surface area contributed by atoms with Crippen molar-refractivity contribution in [2.75, 3.05) is 53.0 Å². The molecule has 1 aromatic rings. The number of benzene rings is 1. The van der Waals surface area contributed by atoms with E-state index in [0.29, 0.717) is 6.04 Å². The van der Waals surface area contributed by atoms with Gasteiger partial charge in [0, 0.05) is 51.5 Å². The molecule has 0 amide bonds. The van der Waals surface area contributed by atoms with E-state index in [1.54, 1.807) is 0 Å². The van der Waals surface area contributed by atoms with Crippen molar-refractivity contribution in [2.45, 2.75) is 56.7 Å². The summed E-state index contributed by atoms with van der Waals surface area (Å²) in [5, 5.41) is 7.41. The molecule has 0 aromatic heterocycles. The highest BCUT2D eigenvalue weighted by molar-refractivity contribution is 14.0. The topological polar surface area (TPSA) is 52.1 Å². The molecule has 3 heterocycles. The second-order valence-corrected chi connectivity index (χ2v) is 9.16. The Labute approximate surface area is 205 Å². The molecule has 4 rings (SSSR count). The maximum atomic E-state index is 5.69. The molecule has 3 fully saturated rings. The number of rotatable bonds is 6. The van der Waals surface area contributed by atoms with Gasteiger partial charge in [-0.15, -0.1) is 24.0 Å². The van der Waals surface area contributed by atoms with Gasteiger partial charge in [0.05, 0.1) is 0 Å². The summed E-state index contributed by atoms with van der Waals surface area (Å²) in [7, 11) is 1.90. The van der Waals surface area contributed by atoms with Crippen molar-refractivity contribution >= 4 is 29.9 Å². The third-order valence-electron chi connectivity index (χ3n) is 7.10. The number of aliphatic imine (C=N–C) groups is 1. The van der Waals surface area contributed by atoms with Crippen LogP contribution in [-0.2, 0) is 11.3 Å². The summed E-state index contributed by atoms with van der Waals surface area (Å²) in [6, 6.07) is 11.3. The lowest BCUT2D eigenvalue weighted by atomic mass is 9.88. The van der Waals surface area contributed by atoms with Crippen LogP contribution in [0.25, 0.3) is 0 Å². The number of ether oxygens (including phenoxy) is 1. The van der Waals surface area contributed by atoms with Gasteiger partial charge in [-0.2, -0.15) is 0 Å². The molecule has 0 spiro atoms. The van der Waals surface area contributed by atoms with Crippen molar-refractivity contribution in [3.8, 4) is 0 Å². The highest BCUT2D eigenvalue weighted by atomic mass is 127. The zero-order valence-electron chi connectivity index (χ0n) is 19.0. The van der Waals surface area contributed by atoms with E-state index in [1.807, 2.05) is 7.05 Å². The number of hydrogen-bond acceptors (Lipinski definition) is 4. The molecule has 0 aliphatic carbocycles. The summed E-state index contributed by atoms with van der Waals surface area (Å²) in [5.74, 6) is 0.951. The second-order valence-electron chi connectivity index (χ2n) is 9.16. The standard InChI is InChI=1S/C24H39N5O.HI/c1-25-23(26-20-24(11-16-30-17-12-24)29-14-5-6-15-29)27-22-10-7-13-28(19-22)18-21-8-3-2-4-9-21;/h2-4,8-9,22H,5-7,10-20H2,1H3,(H2,25,26,27);1H. The van der Waals surface area contributed by atoms with Crippen molar-refractivity contribution < 1.29 is 4.74 Å². The largest absolute Gasteiger partial charge is 0.381 e. The summed E-state index contributed by atoms with van der Waals surface area (Å²) in [4.78, 5) is 9.83. The molecular weight excluding hydrogens is 501 g/mol. The number of guanidine groups is 1. The highest BCUT2D eigenvalue weighted by Crippen LogP contribution is 2.30. The van der Waals surface area contributed by atoms with Gasteiger partial charge in [-0.1, -0.05) is 30.3 Å². The van der Waals surface area contributed by atoms with Crippen molar-refractivity contribution in [3.05, 3.63) is 35.9 Å². The fourth-order valence-corrected chi connectivity index (χ4v) is 5.34. The molecule has 2 N–H and O–H groups in total. The van der Waals surface area contributed by atoms with Crippen molar-refractivity contribution in [3.63, 3.8) is 0 Å². The Bertz CT molecular complexity index is 674. The molecule has 31 heavy (non-hydrogen) atoms. The Hall–Kier alpha value is -0.900. The van der Waals surface area contributed by atoms with E-state index >= 15 is 0 Å². The van der Waals surface area contributed by atoms with Gasteiger partial charge in [-0.25, -0.2) is 0 Å². The van der Waals surface area contributed by atoms with Gasteiger partial charge in [0.2, 0.25) is 0 Å². The third kappa shape index (κ3) is 6.79. The average Bonchev–Trinajstić information content (AvgIpc) is 3.34. The van der Waals surface area contributed by atoms with Gasteiger partial charge in [0.1, 0.15) is 0 Å². The van der Waals surface area contributed by atoms with Crippen LogP contribution in [0.3, 0.4) is 0 Å². The molecule has 174 valence electrons. The van der Waals surface area contributed by atoms with Gasteiger partial charge in [-0.3, -0.25) is 14.8 Å². The van der Waals surface area contributed by atoms with Crippen LogP contribution in [0, 0.1) is 0 Å². The summed E-state index contributed by atoms with van der Waals surface area (Å²) >= 11 is 0. The van der Waals surface area contributed by atoms with Gasteiger partial charge < -0.3 is 15.4 Å². The summed E-state index contributed by atoms with van der Waals surface area (Å²) in [6.07, 6.45) is 7.33. The first-order valence-electron chi connectivity index (χ1n) is 11.8. The van der Waals surface area contributed by atoms with Crippen LogP contribution >= 0.6 is 24.0 Å². The molecule has 7 heteroatoms. The molecule has 3 aliphatic rings. The zero-order chi connectivity index (χ0) is 20.7. The van der Waals surface area contributed by atoms with Crippen LogP contribution in [-0.4, -0.2) is 80.3 Å². The van der Waals surface area contributed by atoms with Crippen molar-refractivity contribution in [1.82, 2.24) is 20.4 Å². The number of hydrogen-bond donors (Lipinski definition) is 2. The minimum atomic E-state index is 0. The molecule has 1 unspecified atom stereocenters. The van der Waals surface area contributed by atoms with Crippen LogP contribution in [0.5, 0.6) is 0 Å². The quantitative estimate of drug-likeness (QED) is 0.330. The molecule has 0 radical (unpaired) electrons. The smallest absolute Gasteiger partial charge is 0.191 e. The van der Waals surface area contributed by atoms with E-state index in [9.17, 15) is 0 Å². The van der Waals surface area contributed by atoms with Crippen LogP contribution in [0.2, 0.25) is 0 Å². The minimum absolute atomic E-state index is 0. The Morgan fingerprint density at radius 1 is 1.10 bits per heavy atom. The maximum Gasteiger partial charge on any atom is 0.191 e. The predicted molar refractivity (Wildman–Crippen MR) is 138 cm³/mol. The van der Waals surface area contributed by atoms with Crippen molar-refractivity contribution in [1.29, 1.82) is 0 Å². The molecule has 0 saturated carbocycles. The average molecular weight is 542 g/mol. The van der Waals surface area contributed by atoms with Gasteiger partial charge in [0.25, 0.3) is 0 Å².